The van der Waals surface area contributed by atoms with E-state index in [0.29, 0.717) is 11.1 Å². The van der Waals surface area contributed by atoms with Crippen LogP contribution in [0.3, 0.4) is 0 Å². The zero-order valence-electron chi connectivity index (χ0n) is 12.3. The molecule has 0 aliphatic carbocycles. The first-order valence-corrected chi connectivity index (χ1v) is 7.27. The van der Waals surface area contributed by atoms with Gasteiger partial charge in [-0.05, 0) is 43.5 Å². The molecular formula is C16H18FN3O. The minimum Gasteiger partial charge on any atom is -0.273 e. The monoisotopic (exact) mass is 287 g/mol. The average molecular weight is 287 g/mol. The number of benzene rings is 1. The predicted octanol–water partition coefficient (Wildman–Crippen LogP) is 2.62. The molecule has 5 heteroatoms. The third-order valence-electron chi connectivity index (χ3n) is 4.73. The van der Waals surface area contributed by atoms with Gasteiger partial charge >= 0.3 is 0 Å². The molecule has 2 heterocycles. The van der Waals surface area contributed by atoms with Gasteiger partial charge in [0.1, 0.15) is 5.82 Å². The molecule has 0 spiro atoms. The summed E-state index contributed by atoms with van der Waals surface area (Å²) >= 11 is 0. The fourth-order valence-electron chi connectivity index (χ4n) is 3.31. The van der Waals surface area contributed by atoms with E-state index in [-0.39, 0.29) is 17.4 Å². The van der Waals surface area contributed by atoms with E-state index in [4.69, 9.17) is 5.26 Å². The number of hydrazine groups is 1. The molecule has 1 aromatic rings. The molecule has 0 radical (unpaired) electrons. The molecule has 0 bridgehead atoms. The number of carbonyl (C=O) groups excluding carboxylic acids is 1. The molecule has 21 heavy (non-hydrogen) atoms. The van der Waals surface area contributed by atoms with E-state index in [1.54, 1.807) is 11.1 Å². The van der Waals surface area contributed by atoms with Crippen molar-refractivity contribution in [2.45, 2.75) is 32.7 Å². The van der Waals surface area contributed by atoms with Crippen molar-refractivity contribution >= 4 is 5.91 Å². The summed E-state index contributed by atoms with van der Waals surface area (Å²) in [4.78, 5) is 12.7. The molecule has 0 saturated carbocycles. The second-order valence-electron chi connectivity index (χ2n) is 6.14. The average Bonchev–Trinajstić information content (AvgIpc) is 2.98. The first-order chi connectivity index (χ1) is 9.98. The first-order valence-electron chi connectivity index (χ1n) is 7.27. The number of rotatable bonds is 2. The number of hydrogen-bond acceptors (Lipinski definition) is 3. The molecule has 1 unspecified atom stereocenters. The van der Waals surface area contributed by atoms with Gasteiger partial charge in [0.15, 0.2) is 0 Å². The second kappa shape index (κ2) is 4.81. The van der Waals surface area contributed by atoms with E-state index < -0.39 is 5.82 Å². The summed E-state index contributed by atoms with van der Waals surface area (Å²) in [6.45, 7) is 5.52. The van der Waals surface area contributed by atoms with Gasteiger partial charge in [0, 0.05) is 13.1 Å². The maximum atomic E-state index is 13.7. The highest BCUT2D eigenvalue weighted by Crippen LogP contribution is 2.43. The second-order valence-corrected chi connectivity index (χ2v) is 6.14. The van der Waals surface area contributed by atoms with Gasteiger partial charge in [-0.2, -0.15) is 5.26 Å². The Balaban J connectivity index is 1.97. The minimum atomic E-state index is -0.424. The third-order valence-corrected chi connectivity index (χ3v) is 4.73. The van der Waals surface area contributed by atoms with Crippen LogP contribution in [0.25, 0.3) is 0 Å². The molecular weight excluding hydrogens is 269 g/mol. The molecule has 2 saturated heterocycles. The van der Waals surface area contributed by atoms with Gasteiger partial charge in [-0.15, -0.1) is 0 Å². The normalized spacial score (nSPS) is 28.8. The summed E-state index contributed by atoms with van der Waals surface area (Å²) in [5.74, 6) is -0.317. The quantitative estimate of drug-likeness (QED) is 0.840. The molecule has 1 amide bonds. The van der Waals surface area contributed by atoms with Gasteiger partial charge in [-0.25, -0.2) is 9.40 Å². The summed E-state index contributed by atoms with van der Waals surface area (Å²) < 4.78 is 13.7. The number of halogens is 1. The van der Waals surface area contributed by atoms with Crippen molar-refractivity contribution in [2.24, 2.45) is 5.41 Å². The van der Waals surface area contributed by atoms with Gasteiger partial charge < -0.3 is 0 Å². The van der Waals surface area contributed by atoms with Crippen molar-refractivity contribution in [1.82, 2.24) is 10.0 Å². The van der Waals surface area contributed by atoms with Crippen molar-refractivity contribution in [2.75, 3.05) is 13.1 Å². The van der Waals surface area contributed by atoms with Crippen LogP contribution in [0.2, 0.25) is 0 Å². The van der Waals surface area contributed by atoms with Crippen molar-refractivity contribution in [1.29, 1.82) is 5.26 Å². The Morgan fingerprint density at radius 2 is 2.24 bits per heavy atom. The number of fused-ring (bicyclic) bond motifs is 1. The van der Waals surface area contributed by atoms with Crippen LogP contribution >= 0.6 is 0 Å². The van der Waals surface area contributed by atoms with Crippen LogP contribution in [-0.4, -0.2) is 29.0 Å². The van der Waals surface area contributed by atoms with Gasteiger partial charge in [0.25, 0.3) is 0 Å². The lowest BCUT2D eigenvalue weighted by molar-refractivity contribution is -0.142. The number of carbonyl (C=O) groups is 1. The van der Waals surface area contributed by atoms with Crippen LogP contribution in [0.4, 0.5) is 4.39 Å². The van der Waals surface area contributed by atoms with Crippen LogP contribution in [0, 0.1) is 22.6 Å². The van der Waals surface area contributed by atoms with Crippen molar-refractivity contribution < 1.29 is 9.18 Å². The lowest BCUT2D eigenvalue weighted by atomic mass is 9.86. The van der Waals surface area contributed by atoms with E-state index >= 15 is 0 Å². The van der Waals surface area contributed by atoms with Crippen LogP contribution < -0.4 is 0 Å². The molecule has 2 aliphatic heterocycles. The number of amides is 1. The zero-order valence-corrected chi connectivity index (χ0v) is 12.3. The number of nitrogens with zero attached hydrogens (tertiary/aromatic N) is 3. The lowest BCUT2D eigenvalue weighted by Crippen LogP contribution is -2.36. The Morgan fingerprint density at radius 1 is 1.48 bits per heavy atom. The fourth-order valence-corrected chi connectivity index (χ4v) is 3.31. The topological polar surface area (TPSA) is 47.3 Å². The Bertz CT molecular complexity index is 639. The van der Waals surface area contributed by atoms with Gasteiger partial charge in [0.2, 0.25) is 5.91 Å². The molecule has 0 aromatic heterocycles. The maximum Gasteiger partial charge on any atom is 0.244 e. The number of nitriles is 1. The van der Waals surface area contributed by atoms with Crippen LogP contribution in [0.5, 0.6) is 0 Å². The van der Waals surface area contributed by atoms with E-state index in [1.807, 2.05) is 19.9 Å². The maximum absolute atomic E-state index is 13.7. The summed E-state index contributed by atoms with van der Waals surface area (Å²) in [7, 11) is 0. The third kappa shape index (κ3) is 2.11. The summed E-state index contributed by atoms with van der Waals surface area (Å²) in [6.07, 6.45) is 1.57. The van der Waals surface area contributed by atoms with Gasteiger partial charge in [0.05, 0.1) is 23.1 Å². The Kier molecular flexibility index (Phi) is 3.22. The molecule has 1 aromatic carbocycles. The SMILES string of the molecule is CCC1(C)CN2CC[C@@H](c3cc(F)cc(C#N)c3)N2C1=O. The molecule has 3 rings (SSSR count). The summed E-state index contributed by atoms with van der Waals surface area (Å²) in [5, 5.41) is 12.8. The predicted molar refractivity (Wildman–Crippen MR) is 75.3 cm³/mol. The fraction of sp³-hybridized carbons (Fsp3) is 0.500. The lowest BCUT2D eigenvalue weighted by Gasteiger charge is -2.26. The zero-order chi connectivity index (χ0) is 15.2. The Labute approximate surface area is 123 Å². The molecule has 0 N–H and O–H groups in total. The molecule has 4 nitrogen and oxygen atoms in total. The molecule has 110 valence electrons. The smallest absolute Gasteiger partial charge is 0.244 e. The molecule has 2 atom stereocenters. The summed E-state index contributed by atoms with van der Waals surface area (Å²) in [5.41, 5.74) is 0.653. The highest BCUT2D eigenvalue weighted by molar-refractivity contribution is 5.84. The van der Waals surface area contributed by atoms with Crippen molar-refractivity contribution in [3.63, 3.8) is 0 Å². The summed E-state index contributed by atoms with van der Waals surface area (Å²) in [6, 6.07) is 6.16. The van der Waals surface area contributed by atoms with Crippen molar-refractivity contribution in [3.8, 4) is 6.07 Å². The number of hydrogen-bond donors (Lipinski definition) is 0. The standard InChI is InChI=1S/C16H18FN3O/c1-3-16(2)10-19-5-4-14(20(19)15(16)21)12-6-11(9-18)7-13(17)8-12/h6-8,14H,3-5,10H2,1-2H3/t14-,16?/m0/s1. The van der Waals surface area contributed by atoms with E-state index in [2.05, 4.69) is 5.01 Å². The highest BCUT2D eigenvalue weighted by atomic mass is 19.1. The minimum absolute atomic E-state index is 0.107. The van der Waals surface area contributed by atoms with E-state index in [1.165, 1.54) is 12.1 Å². The van der Waals surface area contributed by atoms with Crippen LogP contribution in [-0.2, 0) is 4.79 Å². The largest absolute Gasteiger partial charge is 0.273 e. The van der Waals surface area contributed by atoms with Crippen LogP contribution in [0.15, 0.2) is 18.2 Å². The first kappa shape index (κ1) is 14.0. The molecule has 2 aliphatic rings. The van der Waals surface area contributed by atoms with Crippen molar-refractivity contribution in [3.05, 3.63) is 35.1 Å². The van der Waals surface area contributed by atoms with E-state index in [9.17, 15) is 9.18 Å². The van der Waals surface area contributed by atoms with Gasteiger partial charge in [-0.3, -0.25) is 9.80 Å². The Morgan fingerprint density at radius 3 is 2.90 bits per heavy atom. The van der Waals surface area contributed by atoms with Crippen LogP contribution in [0.1, 0.15) is 43.9 Å². The van der Waals surface area contributed by atoms with Gasteiger partial charge in [-0.1, -0.05) is 6.92 Å². The highest BCUT2D eigenvalue weighted by Gasteiger charge is 2.51. The molecule has 2 fully saturated rings. The van der Waals surface area contributed by atoms with E-state index in [0.717, 1.165) is 25.9 Å². The Hall–Kier alpha value is -1.93.